The van der Waals surface area contributed by atoms with E-state index in [0.717, 1.165) is 10.5 Å². The summed E-state index contributed by atoms with van der Waals surface area (Å²) in [6.07, 6.45) is 2.15. The number of aliphatic carboxylic acids is 1. The van der Waals surface area contributed by atoms with Crippen molar-refractivity contribution in [3.8, 4) is 0 Å². The average Bonchev–Trinajstić information content (AvgIpc) is 3.25. The number of rotatable bonds is 8. The predicted molar refractivity (Wildman–Crippen MR) is 141 cm³/mol. The van der Waals surface area contributed by atoms with Gasteiger partial charge in [0.1, 0.15) is 17.1 Å². The highest BCUT2D eigenvalue weighted by molar-refractivity contribution is 8.00. The smallest absolute Gasteiger partial charge is 0.352 e. The second kappa shape index (κ2) is 10.9. The van der Waals surface area contributed by atoms with Crippen LogP contribution in [0.25, 0.3) is 0 Å². The molecule has 3 aliphatic rings. The summed E-state index contributed by atoms with van der Waals surface area (Å²) in [6.45, 7) is 1.05. The number of β-lactam (4-membered cyclic amide) rings is 1. The first-order valence-corrected chi connectivity index (χ1v) is 13.9. The first-order chi connectivity index (χ1) is 17.9. The van der Waals surface area contributed by atoms with Gasteiger partial charge in [-0.1, -0.05) is 48.5 Å². The summed E-state index contributed by atoms with van der Waals surface area (Å²) in [4.78, 5) is 54.4. The molecule has 2 aromatic rings. The maximum atomic E-state index is 13.0. The first kappa shape index (κ1) is 25.2. The van der Waals surface area contributed by atoms with E-state index in [1.165, 1.54) is 28.4 Å². The number of carbonyl (C=O) groups excluding carboxylic acids is 3. The highest BCUT2D eigenvalue weighted by atomic mass is 32.2. The first-order valence-electron chi connectivity index (χ1n) is 11.8. The quantitative estimate of drug-likeness (QED) is 0.304. The summed E-state index contributed by atoms with van der Waals surface area (Å²) in [6, 6.07) is 18.4. The molecule has 2 saturated heterocycles. The highest BCUT2D eigenvalue weighted by Crippen LogP contribution is 2.41. The predicted octanol–water partition coefficient (Wildman–Crippen LogP) is 2.88. The second-order valence-electron chi connectivity index (χ2n) is 8.87. The van der Waals surface area contributed by atoms with Crippen LogP contribution in [0.2, 0.25) is 0 Å². The molecular formula is C27H25N3O5S2. The molecule has 3 heterocycles. The summed E-state index contributed by atoms with van der Waals surface area (Å²) in [7, 11) is 0. The van der Waals surface area contributed by atoms with Crippen LogP contribution >= 0.6 is 23.5 Å². The number of carbonyl (C=O) groups is 4. The van der Waals surface area contributed by atoms with Crippen LogP contribution in [0, 0.1) is 0 Å². The zero-order chi connectivity index (χ0) is 25.9. The molecule has 0 saturated carbocycles. The lowest BCUT2D eigenvalue weighted by molar-refractivity contribution is -0.150. The van der Waals surface area contributed by atoms with Gasteiger partial charge in [-0.25, -0.2) is 4.79 Å². The number of nitrogens with zero attached hydrogens (tertiary/aromatic N) is 2. The molecule has 5 rings (SSSR count). The Bertz CT molecular complexity index is 1300. The fourth-order valence-electron chi connectivity index (χ4n) is 4.60. The molecule has 8 nitrogen and oxygen atoms in total. The molecule has 0 aliphatic carbocycles. The molecule has 0 aromatic heterocycles. The normalized spacial score (nSPS) is 22.2. The Morgan fingerprint density at radius 2 is 1.78 bits per heavy atom. The van der Waals surface area contributed by atoms with E-state index in [0.29, 0.717) is 36.4 Å². The van der Waals surface area contributed by atoms with Gasteiger partial charge in [-0.3, -0.25) is 19.3 Å². The van der Waals surface area contributed by atoms with Crippen LogP contribution < -0.4 is 5.32 Å². The lowest BCUT2D eigenvalue weighted by Crippen LogP contribution is -2.70. The van der Waals surface area contributed by atoms with Gasteiger partial charge in [-0.2, -0.15) is 0 Å². The molecule has 0 spiro atoms. The van der Waals surface area contributed by atoms with Crippen molar-refractivity contribution in [1.29, 1.82) is 0 Å². The van der Waals surface area contributed by atoms with Gasteiger partial charge in [-0.15, -0.1) is 23.5 Å². The molecule has 190 valence electrons. The minimum atomic E-state index is -1.22. The summed E-state index contributed by atoms with van der Waals surface area (Å²) in [5.41, 5.74) is 1.90. The van der Waals surface area contributed by atoms with Crippen molar-refractivity contribution in [3.05, 3.63) is 89.1 Å². The molecule has 2 aromatic carbocycles. The number of nitrogens with one attached hydrogen (secondary N) is 1. The minimum Gasteiger partial charge on any atom is -0.477 e. The number of hydrogen-bond donors (Lipinski definition) is 2. The zero-order valence-corrected chi connectivity index (χ0v) is 21.5. The maximum Gasteiger partial charge on any atom is 0.352 e. The van der Waals surface area contributed by atoms with Crippen molar-refractivity contribution < 1.29 is 24.3 Å². The average molecular weight is 536 g/mol. The van der Waals surface area contributed by atoms with Gasteiger partial charge in [0.2, 0.25) is 11.8 Å². The van der Waals surface area contributed by atoms with Gasteiger partial charge in [0.05, 0.1) is 5.75 Å². The fraction of sp³-hybridized carbons (Fsp3) is 0.259. The number of carboxylic acid groups (broad SMARTS) is 1. The van der Waals surface area contributed by atoms with Crippen molar-refractivity contribution in [2.45, 2.75) is 29.3 Å². The third-order valence-electron chi connectivity index (χ3n) is 6.41. The Morgan fingerprint density at radius 3 is 2.49 bits per heavy atom. The Hall–Kier alpha value is -3.50. The standard InChI is InChI=1S/C27H25N3O5S2/c31-21(16-36-20-9-5-2-6-10-20)28-22-25(33)30-23(27(34)35)19(15-37-26(22)30)13-18-11-12-29(24(18)32)14-17-7-3-1-4-8-17/h1-10,13,22,26H,11-12,14-16H2,(H,28,31)(H,34,35)/b18-13+/t22-,26-/m1/s1. The van der Waals surface area contributed by atoms with Crippen LogP contribution in [0.5, 0.6) is 0 Å². The summed E-state index contributed by atoms with van der Waals surface area (Å²) in [5, 5.41) is 12.2. The van der Waals surface area contributed by atoms with Crippen LogP contribution in [-0.4, -0.2) is 68.1 Å². The van der Waals surface area contributed by atoms with Crippen LogP contribution in [0.4, 0.5) is 0 Å². The number of carboxylic acids is 1. The van der Waals surface area contributed by atoms with Crippen molar-refractivity contribution in [3.63, 3.8) is 0 Å². The van der Waals surface area contributed by atoms with E-state index in [-0.39, 0.29) is 23.3 Å². The monoisotopic (exact) mass is 535 g/mol. The third-order valence-corrected chi connectivity index (χ3v) is 8.72. The summed E-state index contributed by atoms with van der Waals surface area (Å²) in [5.74, 6) is -1.59. The van der Waals surface area contributed by atoms with Crippen molar-refractivity contribution in [1.82, 2.24) is 15.1 Å². The highest BCUT2D eigenvalue weighted by Gasteiger charge is 2.54. The second-order valence-corrected chi connectivity index (χ2v) is 11.0. The SMILES string of the molecule is O=C(CSc1ccccc1)N[C@@H]1C(=O)N2C(C(=O)O)=C(/C=C3\CCN(Cc4ccccc4)C3=O)CS[C@H]12. The lowest BCUT2D eigenvalue weighted by Gasteiger charge is -2.49. The number of benzene rings is 2. The van der Waals surface area contributed by atoms with E-state index in [2.05, 4.69) is 5.32 Å². The Labute approximate surface area is 222 Å². The third kappa shape index (κ3) is 5.30. The lowest BCUT2D eigenvalue weighted by atomic mass is 10.0. The van der Waals surface area contributed by atoms with E-state index in [4.69, 9.17) is 0 Å². The molecule has 2 fully saturated rings. The number of hydrogen-bond acceptors (Lipinski definition) is 6. The molecule has 10 heteroatoms. The van der Waals surface area contributed by atoms with E-state index in [1.807, 2.05) is 60.7 Å². The van der Waals surface area contributed by atoms with Gasteiger partial charge >= 0.3 is 5.97 Å². The Balaban J connectivity index is 1.26. The van der Waals surface area contributed by atoms with E-state index in [9.17, 15) is 24.3 Å². The number of amides is 3. The van der Waals surface area contributed by atoms with E-state index in [1.54, 1.807) is 11.0 Å². The van der Waals surface area contributed by atoms with Crippen LogP contribution in [-0.2, 0) is 25.7 Å². The van der Waals surface area contributed by atoms with E-state index >= 15 is 0 Å². The molecule has 3 aliphatic heterocycles. The molecule has 2 atom stereocenters. The van der Waals surface area contributed by atoms with Gasteiger partial charge in [0.15, 0.2) is 0 Å². The van der Waals surface area contributed by atoms with Gasteiger partial charge < -0.3 is 15.3 Å². The number of thioether (sulfide) groups is 2. The molecule has 37 heavy (non-hydrogen) atoms. The van der Waals surface area contributed by atoms with Crippen molar-refractivity contribution >= 4 is 47.2 Å². The van der Waals surface area contributed by atoms with Crippen molar-refractivity contribution in [2.24, 2.45) is 0 Å². The Kier molecular flexibility index (Phi) is 7.38. The minimum absolute atomic E-state index is 0.111. The molecule has 0 unspecified atom stereocenters. The molecule has 0 radical (unpaired) electrons. The van der Waals surface area contributed by atoms with Crippen molar-refractivity contribution in [2.75, 3.05) is 18.1 Å². The molecular weight excluding hydrogens is 510 g/mol. The van der Waals surface area contributed by atoms with E-state index < -0.39 is 23.3 Å². The topological polar surface area (TPSA) is 107 Å². The molecule has 3 amide bonds. The fourth-order valence-corrected chi connectivity index (χ4v) is 6.64. The number of allylic oxidation sites excluding steroid dienone is 1. The number of likely N-dealkylation sites (tertiary alicyclic amines) is 1. The summed E-state index contributed by atoms with van der Waals surface area (Å²) < 4.78 is 0. The van der Waals surface area contributed by atoms with Crippen LogP contribution in [0.1, 0.15) is 12.0 Å². The number of fused-ring (bicyclic) bond motifs is 1. The van der Waals surface area contributed by atoms with Crippen LogP contribution in [0.3, 0.4) is 0 Å². The van der Waals surface area contributed by atoms with Gasteiger partial charge in [0, 0.05) is 29.3 Å². The maximum absolute atomic E-state index is 13.0. The summed E-state index contributed by atoms with van der Waals surface area (Å²) >= 11 is 2.76. The zero-order valence-electron chi connectivity index (χ0n) is 19.8. The largest absolute Gasteiger partial charge is 0.477 e. The molecule has 2 N–H and O–H groups in total. The van der Waals surface area contributed by atoms with Gasteiger partial charge in [0.25, 0.3) is 5.91 Å². The van der Waals surface area contributed by atoms with Crippen LogP contribution in [0.15, 0.2) is 88.5 Å². The van der Waals surface area contributed by atoms with Gasteiger partial charge in [-0.05, 0) is 35.8 Å². The molecule has 0 bridgehead atoms. The Morgan fingerprint density at radius 1 is 1.08 bits per heavy atom.